The Labute approximate surface area is 175 Å². The van der Waals surface area contributed by atoms with Crippen LogP contribution >= 0.6 is 0 Å². The van der Waals surface area contributed by atoms with Gasteiger partial charge < -0.3 is 29.5 Å². The SMILES string of the molecule is CN(CCC1CCOCC1)Cc1cccc(OC[C@@H](O)CN2CCC(O)CC2)c1. The highest BCUT2D eigenvalue weighted by Crippen LogP contribution is 2.20. The number of piperidine rings is 1. The molecule has 164 valence electrons. The number of nitrogens with zero attached hydrogens (tertiary/aromatic N) is 2. The molecule has 0 aromatic heterocycles. The molecule has 1 aromatic carbocycles. The summed E-state index contributed by atoms with van der Waals surface area (Å²) in [5.41, 5.74) is 1.23. The Morgan fingerprint density at radius 2 is 1.97 bits per heavy atom. The molecule has 6 nitrogen and oxygen atoms in total. The molecule has 29 heavy (non-hydrogen) atoms. The van der Waals surface area contributed by atoms with E-state index in [9.17, 15) is 10.2 Å². The smallest absolute Gasteiger partial charge is 0.119 e. The molecular formula is C23H38N2O4. The van der Waals surface area contributed by atoms with Gasteiger partial charge in [-0.25, -0.2) is 0 Å². The number of rotatable bonds is 10. The van der Waals surface area contributed by atoms with Crippen molar-refractivity contribution in [3.63, 3.8) is 0 Å². The third-order valence-electron chi connectivity index (χ3n) is 6.08. The molecular weight excluding hydrogens is 368 g/mol. The molecule has 0 unspecified atom stereocenters. The van der Waals surface area contributed by atoms with E-state index in [0.29, 0.717) is 13.2 Å². The van der Waals surface area contributed by atoms with Crippen molar-refractivity contribution in [1.82, 2.24) is 9.80 Å². The minimum atomic E-state index is -0.518. The van der Waals surface area contributed by atoms with Crippen LogP contribution in [0.25, 0.3) is 0 Å². The lowest BCUT2D eigenvalue weighted by Crippen LogP contribution is -2.41. The number of β-amino-alcohol motifs (C(OH)–C–C–N with tert-alkyl or cyclic N) is 1. The first-order valence-corrected chi connectivity index (χ1v) is 11.1. The molecule has 2 heterocycles. The fourth-order valence-corrected chi connectivity index (χ4v) is 4.21. The molecule has 1 atom stereocenters. The van der Waals surface area contributed by atoms with Crippen LogP contribution in [0.1, 0.15) is 37.7 Å². The van der Waals surface area contributed by atoms with Crippen molar-refractivity contribution >= 4 is 0 Å². The number of benzene rings is 1. The number of aliphatic hydroxyl groups excluding tert-OH is 2. The second-order valence-electron chi connectivity index (χ2n) is 8.73. The predicted molar refractivity (Wildman–Crippen MR) is 114 cm³/mol. The summed E-state index contributed by atoms with van der Waals surface area (Å²) >= 11 is 0. The Morgan fingerprint density at radius 3 is 2.72 bits per heavy atom. The van der Waals surface area contributed by atoms with Crippen molar-refractivity contribution in [2.45, 2.75) is 50.9 Å². The van der Waals surface area contributed by atoms with Crippen molar-refractivity contribution in [2.24, 2.45) is 5.92 Å². The fraction of sp³-hybridized carbons (Fsp3) is 0.739. The second kappa shape index (κ2) is 11.9. The first kappa shape index (κ1) is 22.5. The second-order valence-corrected chi connectivity index (χ2v) is 8.73. The molecule has 0 saturated carbocycles. The Morgan fingerprint density at radius 1 is 1.21 bits per heavy atom. The summed E-state index contributed by atoms with van der Waals surface area (Å²) in [6, 6.07) is 8.19. The van der Waals surface area contributed by atoms with Crippen molar-refractivity contribution in [3.05, 3.63) is 29.8 Å². The Balaban J connectivity index is 1.37. The number of hydrogen-bond acceptors (Lipinski definition) is 6. The number of ether oxygens (including phenoxy) is 2. The summed E-state index contributed by atoms with van der Waals surface area (Å²) in [5.74, 6) is 1.61. The van der Waals surface area contributed by atoms with E-state index in [2.05, 4.69) is 29.0 Å². The molecule has 0 amide bonds. The van der Waals surface area contributed by atoms with Gasteiger partial charge in [-0.15, -0.1) is 0 Å². The van der Waals surface area contributed by atoms with E-state index in [-0.39, 0.29) is 6.10 Å². The third kappa shape index (κ3) is 8.22. The van der Waals surface area contributed by atoms with Crippen molar-refractivity contribution in [2.75, 3.05) is 53.0 Å². The summed E-state index contributed by atoms with van der Waals surface area (Å²) in [5, 5.41) is 19.9. The molecule has 2 aliphatic rings. The topological polar surface area (TPSA) is 65.4 Å². The van der Waals surface area contributed by atoms with Gasteiger partial charge in [-0.05, 0) is 69.3 Å². The monoisotopic (exact) mass is 406 g/mol. The molecule has 1 aromatic rings. The van der Waals surface area contributed by atoms with Crippen LogP contribution < -0.4 is 4.74 Å². The number of aliphatic hydroxyl groups is 2. The normalized spacial score (nSPS) is 20.8. The van der Waals surface area contributed by atoms with Gasteiger partial charge in [0, 0.05) is 39.4 Å². The lowest BCUT2D eigenvalue weighted by atomic mass is 9.96. The van der Waals surface area contributed by atoms with E-state index in [4.69, 9.17) is 9.47 Å². The van der Waals surface area contributed by atoms with Gasteiger partial charge in [0.05, 0.1) is 6.10 Å². The highest BCUT2D eigenvalue weighted by molar-refractivity contribution is 5.28. The lowest BCUT2D eigenvalue weighted by molar-refractivity contribution is 0.0337. The van der Waals surface area contributed by atoms with Crippen LogP contribution in [0.3, 0.4) is 0 Å². The molecule has 0 aliphatic carbocycles. The standard InChI is InChI=1S/C23H38N2O4/c1-24(10-5-19-8-13-28-14-9-19)16-20-3-2-4-23(15-20)29-18-22(27)17-25-11-6-21(26)7-12-25/h2-4,15,19,21-22,26-27H,5-14,16-18H2,1H3/t22-/m0/s1. The molecule has 0 radical (unpaired) electrons. The molecule has 0 bridgehead atoms. The fourth-order valence-electron chi connectivity index (χ4n) is 4.21. The van der Waals surface area contributed by atoms with Gasteiger partial charge in [0.15, 0.2) is 0 Å². The zero-order valence-electron chi connectivity index (χ0n) is 17.8. The van der Waals surface area contributed by atoms with E-state index < -0.39 is 6.10 Å². The molecule has 2 fully saturated rings. The Hall–Kier alpha value is -1.18. The lowest BCUT2D eigenvalue weighted by Gasteiger charge is -2.30. The third-order valence-corrected chi connectivity index (χ3v) is 6.08. The van der Waals surface area contributed by atoms with E-state index >= 15 is 0 Å². The zero-order valence-corrected chi connectivity index (χ0v) is 17.8. The maximum absolute atomic E-state index is 10.3. The van der Waals surface area contributed by atoms with Crippen molar-refractivity contribution < 1.29 is 19.7 Å². The van der Waals surface area contributed by atoms with E-state index in [1.54, 1.807) is 0 Å². The minimum Gasteiger partial charge on any atom is -0.491 e. The van der Waals surface area contributed by atoms with Crippen molar-refractivity contribution in [3.8, 4) is 5.75 Å². The predicted octanol–water partition coefficient (Wildman–Crippen LogP) is 2.13. The van der Waals surface area contributed by atoms with Gasteiger partial charge in [-0.3, -0.25) is 0 Å². The van der Waals surface area contributed by atoms with E-state index in [1.807, 2.05) is 12.1 Å². The van der Waals surface area contributed by atoms with Crippen LogP contribution in [-0.4, -0.2) is 85.3 Å². The number of likely N-dealkylation sites (tertiary alicyclic amines) is 1. The first-order chi connectivity index (χ1) is 14.1. The maximum Gasteiger partial charge on any atom is 0.119 e. The van der Waals surface area contributed by atoms with Crippen LogP contribution in [0.5, 0.6) is 5.75 Å². The highest BCUT2D eigenvalue weighted by atomic mass is 16.5. The molecule has 6 heteroatoms. The van der Waals surface area contributed by atoms with Crippen LogP contribution in [0, 0.1) is 5.92 Å². The summed E-state index contributed by atoms with van der Waals surface area (Å²) < 4.78 is 11.3. The summed E-state index contributed by atoms with van der Waals surface area (Å²) in [6.07, 6.45) is 4.49. The van der Waals surface area contributed by atoms with Gasteiger partial charge in [-0.1, -0.05) is 12.1 Å². The quantitative estimate of drug-likeness (QED) is 0.621. The molecule has 0 spiro atoms. The molecule has 2 aliphatic heterocycles. The van der Waals surface area contributed by atoms with Crippen molar-refractivity contribution in [1.29, 1.82) is 0 Å². The minimum absolute atomic E-state index is 0.183. The van der Waals surface area contributed by atoms with Crippen LogP contribution in [0.4, 0.5) is 0 Å². The zero-order chi connectivity index (χ0) is 20.5. The van der Waals surface area contributed by atoms with Gasteiger partial charge in [0.25, 0.3) is 0 Å². The maximum atomic E-state index is 10.3. The van der Waals surface area contributed by atoms with Gasteiger partial charge in [0.1, 0.15) is 18.5 Å². The van der Waals surface area contributed by atoms with Crippen LogP contribution in [0.15, 0.2) is 24.3 Å². The molecule has 2 saturated heterocycles. The number of hydrogen-bond donors (Lipinski definition) is 2. The summed E-state index contributed by atoms with van der Waals surface area (Å²) in [6.45, 7) is 6.40. The first-order valence-electron chi connectivity index (χ1n) is 11.1. The van der Waals surface area contributed by atoms with Crippen LogP contribution in [-0.2, 0) is 11.3 Å². The average Bonchev–Trinajstić information content (AvgIpc) is 2.73. The van der Waals surface area contributed by atoms with Gasteiger partial charge >= 0.3 is 0 Å². The largest absolute Gasteiger partial charge is 0.491 e. The van der Waals surface area contributed by atoms with E-state index in [0.717, 1.165) is 63.9 Å². The summed E-state index contributed by atoms with van der Waals surface area (Å²) in [7, 11) is 2.17. The highest BCUT2D eigenvalue weighted by Gasteiger charge is 2.19. The van der Waals surface area contributed by atoms with Crippen LogP contribution in [0.2, 0.25) is 0 Å². The van der Waals surface area contributed by atoms with E-state index in [1.165, 1.54) is 24.8 Å². The van der Waals surface area contributed by atoms with Gasteiger partial charge in [0.2, 0.25) is 0 Å². The van der Waals surface area contributed by atoms with Gasteiger partial charge in [-0.2, -0.15) is 0 Å². The summed E-state index contributed by atoms with van der Waals surface area (Å²) in [4.78, 5) is 4.57. The molecule has 3 rings (SSSR count). The Bertz CT molecular complexity index is 586. The Kier molecular flexibility index (Phi) is 9.21. The average molecular weight is 407 g/mol. The molecule has 2 N–H and O–H groups in total.